The molecular formula is C16H20N4. The van der Waals surface area contributed by atoms with Crippen molar-refractivity contribution in [2.45, 2.75) is 6.92 Å². The largest absolute Gasteiger partial charge is 0.399 e. The smallest absolute Gasteiger partial charge is 0.128 e. The summed E-state index contributed by atoms with van der Waals surface area (Å²) >= 11 is 0. The number of piperazine rings is 1. The van der Waals surface area contributed by atoms with Gasteiger partial charge < -0.3 is 15.5 Å². The Balaban J connectivity index is 1.66. The summed E-state index contributed by atoms with van der Waals surface area (Å²) in [4.78, 5) is 9.34. The summed E-state index contributed by atoms with van der Waals surface area (Å²) in [5.74, 6) is 1.09. The Morgan fingerprint density at radius 3 is 2.20 bits per heavy atom. The van der Waals surface area contributed by atoms with Crippen molar-refractivity contribution in [2.75, 3.05) is 41.7 Å². The third-order valence-electron chi connectivity index (χ3n) is 3.74. The normalized spacial score (nSPS) is 15.4. The quantitative estimate of drug-likeness (QED) is 0.849. The van der Waals surface area contributed by atoms with Crippen molar-refractivity contribution in [3.05, 3.63) is 48.2 Å². The number of nitrogens with two attached hydrogens (primary N) is 1. The third-order valence-corrected chi connectivity index (χ3v) is 3.74. The Kier molecular flexibility index (Phi) is 3.46. The van der Waals surface area contributed by atoms with Crippen molar-refractivity contribution >= 4 is 17.2 Å². The lowest BCUT2D eigenvalue weighted by Crippen LogP contribution is -2.46. The Morgan fingerprint density at radius 2 is 1.55 bits per heavy atom. The van der Waals surface area contributed by atoms with Gasteiger partial charge in [-0.1, -0.05) is 6.07 Å². The number of nitrogen functional groups attached to an aromatic ring is 1. The van der Waals surface area contributed by atoms with Gasteiger partial charge in [0.15, 0.2) is 0 Å². The summed E-state index contributed by atoms with van der Waals surface area (Å²) in [6.07, 6.45) is 0. The van der Waals surface area contributed by atoms with E-state index < -0.39 is 0 Å². The standard InChI is InChI=1S/C16H20N4/c1-13-3-2-4-16(18-13)20-11-9-19(10-12-20)15-7-5-14(17)6-8-15/h2-8H,9-12,17H2,1H3. The number of aryl methyl sites for hydroxylation is 1. The van der Waals surface area contributed by atoms with Crippen LogP contribution < -0.4 is 15.5 Å². The molecule has 0 bridgehead atoms. The summed E-state index contributed by atoms with van der Waals surface area (Å²) in [7, 11) is 0. The zero-order valence-corrected chi connectivity index (χ0v) is 11.8. The highest BCUT2D eigenvalue weighted by atomic mass is 15.3. The van der Waals surface area contributed by atoms with Crippen molar-refractivity contribution in [1.29, 1.82) is 0 Å². The van der Waals surface area contributed by atoms with Crippen molar-refractivity contribution in [1.82, 2.24) is 4.98 Å². The van der Waals surface area contributed by atoms with Crippen LogP contribution in [0, 0.1) is 6.92 Å². The zero-order chi connectivity index (χ0) is 13.9. The zero-order valence-electron chi connectivity index (χ0n) is 11.8. The number of rotatable bonds is 2. The predicted octanol–water partition coefficient (Wildman–Crippen LogP) is 2.30. The molecular weight excluding hydrogens is 248 g/mol. The molecule has 0 unspecified atom stereocenters. The first-order chi connectivity index (χ1) is 9.72. The third kappa shape index (κ3) is 2.69. The molecule has 0 radical (unpaired) electrons. The molecule has 4 heteroatoms. The van der Waals surface area contributed by atoms with Crippen LogP contribution in [-0.2, 0) is 0 Å². The molecule has 1 fully saturated rings. The van der Waals surface area contributed by atoms with Gasteiger partial charge in [-0.05, 0) is 43.3 Å². The van der Waals surface area contributed by atoms with E-state index in [-0.39, 0.29) is 0 Å². The molecule has 1 aromatic heterocycles. The monoisotopic (exact) mass is 268 g/mol. The van der Waals surface area contributed by atoms with Crippen LogP contribution in [0.3, 0.4) is 0 Å². The van der Waals surface area contributed by atoms with E-state index >= 15 is 0 Å². The van der Waals surface area contributed by atoms with Gasteiger partial charge in [-0.3, -0.25) is 0 Å². The first-order valence-electron chi connectivity index (χ1n) is 7.01. The minimum Gasteiger partial charge on any atom is -0.399 e. The molecule has 0 aliphatic carbocycles. The van der Waals surface area contributed by atoms with Gasteiger partial charge in [0.05, 0.1) is 0 Å². The topological polar surface area (TPSA) is 45.4 Å². The molecule has 4 nitrogen and oxygen atoms in total. The maximum Gasteiger partial charge on any atom is 0.128 e. The Hall–Kier alpha value is -2.23. The van der Waals surface area contributed by atoms with E-state index in [1.165, 1.54) is 5.69 Å². The highest BCUT2D eigenvalue weighted by molar-refractivity contribution is 5.54. The lowest BCUT2D eigenvalue weighted by atomic mass is 10.2. The Labute approximate surface area is 119 Å². The molecule has 104 valence electrons. The van der Waals surface area contributed by atoms with Crippen molar-refractivity contribution in [2.24, 2.45) is 0 Å². The van der Waals surface area contributed by atoms with Crippen LogP contribution in [0.25, 0.3) is 0 Å². The number of anilines is 3. The lowest BCUT2D eigenvalue weighted by Gasteiger charge is -2.36. The SMILES string of the molecule is Cc1cccc(N2CCN(c3ccc(N)cc3)CC2)n1. The first-order valence-corrected chi connectivity index (χ1v) is 7.01. The maximum atomic E-state index is 5.73. The second-order valence-corrected chi connectivity index (χ2v) is 5.20. The Morgan fingerprint density at radius 1 is 0.900 bits per heavy atom. The fourth-order valence-electron chi connectivity index (χ4n) is 2.58. The van der Waals surface area contributed by atoms with Gasteiger partial charge >= 0.3 is 0 Å². The number of pyridine rings is 1. The van der Waals surface area contributed by atoms with Crippen LogP contribution in [-0.4, -0.2) is 31.2 Å². The van der Waals surface area contributed by atoms with Gasteiger partial charge in [0.1, 0.15) is 5.82 Å². The van der Waals surface area contributed by atoms with Crippen LogP contribution in [0.4, 0.5) is 17.2 Å². The summed E-state index contributed by atoms with van der Waals surface area (Å²) in [6, 6.07) is 14.3. The van der Waals surface area contributed by atoms with Gasteiger partial charge in [0.25, 0.3) is 0 Å². The van der Waals surface area contributed by atoms with E-state index in [0.29, 0.717) is 0 Å². The van der Waals surface area contributed by atoms with E-state index in [0.717, 1.165) is 43.4 Å². The number of hydrogen-bond donors (Lipinski definition) is 1. The maximum absolute atomic E-state index is 5.73. The average Bonchev–Trinajstić information content (AvgIpc) is 2.48. The van der Waals surface area contributed by atoms with Crippen molar-refractivity contribution in [3.63, 3.8) is 0 Å². The molecule has 1 aromatic carbocycles. The molecule has 2 heterocycles. The van der Waals surface area contributed by atoms with Crippen molar-refractivity contribution in [3.8, 4) is 0 Å². The number of benzene rings is 1. The molecule has 2 N–H and O–H groups in total. The van der Waals surface area contributed by atoms with Crippen molar-refractivity contribution < 1.29 is 0 Å². The highest BCUT2D eigenvalue weighted by Gasteiger charge is 2.18. The van der Waals surface area contributed by atoms with Gasteiger partial charge in [-0.25, -0.2) is 4.98 Å². The lowest BCUT2D eigenvalue weighted by molar-refractivity contribution is 0.647. The van der Waals surface area contributed by atoms with Crippen LogP contribution in [0.15, 0.2) is 42.5 Å². The Bertz CT molecular complexity index is 571. The second-order valence-electron chi connectivity index (χ2n) is 5.20. The van der Waals surface area contributed by atoms with Gasteiger partial charge in [-0.15, -0.1) is 0 Å². The van der Waals surface area contributed by atoms with Crippen LogP contribution in [0.2, 0.25) is 0 Å². The number of aromatic nitrogens is 1. The fraction of sp³-hybridized carbons (Fsp3) is 0.312. The van der Waals surface area contributed by atoms with Gasteiger partial charge in [0.2, 0.25) is 0 Å². The summed E-state index contributed by atoms with van der Waals surface area (Å²) in [5, 5.41) is 0. The summed E-state index contributed by atoms with van der Waals surface area (Å²) < 4.78 is 0. The average molecular weight is 268 g/mol. The van der Waals surface area contributed by atoms with E-state index in [2.05, 4.69) is 39.0 Å². The van der Waals surface area contributed by atoms with Gasteiger partial charge in [0, 0.05) is 43.2 Å². The van der Waals surface area contributed by atoms with E-state index in [4.69, 9.17) is 5.73 Å². The molecule has 1 saturated heterocycles. The number of nitrogens with zero attached hydrogens (tertiary/aromatic N) is 3. The summed E-state index contributed by atoms with van der Waals surface area (Å²) in [6.45, 7) is 6.06. The van der Waals surface area contributed by atoms with Crippen LogP contribution in [0.5, 0.6) is 0 Å². The van der Waals surface area contributed by atoms with E-state index in [1.54, 1.807) is 0 Å². The minimum absolute atomic E-state index is 0.816. The molecule has 2 aromatic rings. The second kappa shape index (κ2) is 5.41. The molecule has 0 saturated carbocycles. The van der Waals surface area contributed by atoms with E-state index in [1.807, 2.05) is 25.1 Å². The molecule has 3 rings (SSSR count). The predicted molar refractivity (Wildman–Crippen MR) is 84.3 cm³/mol. The van der Waals surface area contributed by atoms with E-state index in [9.17, 15) is 0 Å². The minimum atomic E-state index is 0.816. The molecule has 0 atom stereocenters. The number of hydrogen-bond acceptors (Lipinski definition) is 4. The molecule has 20 heavy (non-hydrogen) atoms. The summed E-state index contributed by atoms with van der Waals surface area (Å²) in [5.41, 5.74) is 8.87. The fourth-order valence-corrected chi connectivity index (χ4v) is 2.58. The molecule has 1 aliphatic rings. The molecule has 1 aliphatic heterocycles. The van der Waals surface area contributed by atoms with Crippen LogP contribution >= 0.6 is 0 Å². The molecule has 0 spiro atoms. The first kappa shape index (κ1) is 12.8. The molecule has 0 amide bonds. The van der Waals surface area contributed by atoms with Gasteiger partial charge in [-0.2, -0.15) is 0 Å². The highest BCUT2D eigenvalue weighted by Crippen LogP contribution is 2.20. The van der Waals surface area contributed by atoms with Crippen LogP contribution in [0.1, 0.15) is 5.69 Å².